The van der Waals surface area contributed by atoms with E-state index in [4.69, 9.17) is 14.6 Å². The number of rotatable bonds is 7. The van der Waals surface area contributed by atoms with Crippen LogP contribution in [0, 0.1) is 0 Å². The number of nitrogens with zero attached hydrogens (tertiary/aromatic N) is 3. The Balaban J connectivity index is 2.29. The zero-order chi connectivity index (χ0) is 19.4. The van der Waals surface area contributed by atoms with Crippen molar-refractivity contribution >= 4 is 23.1 Å². The molecule has 27 heavy (non-hydrogen) atoms. The Morgan fingerprint density at radius 2 is 2.11 bits per heavy atom. The van der Waals surface area contributed by atoms with Gasteiger partial charge >= 0.3 is 11.7 Å². The zero-order valence-electron chi connectivity index (χ0n) is 14.9. The van der Waals surface area contributed by atoms with E-state index in [2.05, 4.69) is 20.3 Å². The van der Waals surface area contributed by atoms with Crippen molar-refractivity contribution in [3.8, 4) is 11.4 Å². The SMILES string of the molecule is CCOC(=O)c1nc(NCCO)nc2c1[nH]c(=O)n2-c1ccccc1OC. The highest BCUT2D eigenvalue weighted by atomic mass is 16.5. The molecule has 0 unspecified atom stereocenters. The highest BCUT2D eigenvalue weighted by Crippen LogP contribution is 2.25. The molecule has 1 aromatic carbocycles. The maximum Gasteiger partial charge on any atom is 0.359 e. The number of carbonyl (C=O) groups excluding carboxylic acids is 1. The number of nitrogens with one attached hydrogen (secondary N) is 2. The van der Waals surface area contributed by atoms with Crippen LogP contribution in [0.5, 0.6) is 5.75 Å². The molecule has 3 aromatic rings. The monoisotopic (exact) mass is 373 g/mol. The van der Waals surface area contributed by atoms with Crippen molar-refractivity contribution in [1.29, 1.82) is 0 Å². The van der Waals surface area contributed by atoms with Crippen molar-refractivity contribution in [1.82, 2.24) is 19.5 Å². The highest BCUT2D eigenvalue weighted by Gasteiger charge is 2.23. The lowest BCUT2D eigenvalue weighted by molar-refractivity contribution is 0.0522. The molecular weight excluding hydrogens is 354 g/mol. The van der Waals surface area contributed by atoms with Gasteiger partial charge in [0.15, 0.2) is 11.3 Å². The van der Waals surface area contributed by atoms with E-state index in [9.17, 15) is 9.59 Å². The van der Waals surface area contributed by atoms with Gasteiger partial charge in [-0.05, 0) is 19.1 Å². The number of anilines is 1. The van der Waals surface area contributed by atoms with Crippen molar-refractivity contribution in [2.45, 2.75) is 6.92 Å². The van der Waals surface area contributed by atoms with E-state index >= 15 is 0 Å². The predicted molar refractivity (Wildman–Crippen MR) is 97.6 cm³/mol. The number of aliphatic hydroxyl groups excluding tert-OH is 1. The van der Waals surface area contributed by atoms with E-state index in [0.717, 1.165) is 0 Å². The van der Waals surface area contributed by atoms with E-state index in [1.165, 1.54) is 11.7 Å². The van der Waals surface area contributed by atoms with Crippen LogP contribution in [0.3, 0.4) is 0 Å². The number of aromatic amines is 1. The minimum absolute atomic E-state index is 0.0759. The molecule has 0 saturated heterocycles. The minimum Gasteiger partial charge on any atom is -0.495 e. The van der Waals surface area contributed by atoms with Crippen LogP contribution in [-0.4, -0.2) is 57.5 Å². The maximum atomic E-state index is 12.6. The number of hydrogen-bond acceptors (Lipinski definition) is 8. The van der Waals surface area contributed by atoms with Crippen LogP contribution in [0.4, 0.5) is 5.95 Å². The Morgan fingerprint density at radius 3 is 2.81 bits per heavy atom. The lowest BCUT2D eigenvalue weighted by Gasteiger charge is -2.10. The molecule has 2 heterocycles. The average Bonchev–Trinajstić information content (AvgIpc) is 3.01. The molecule has 3 N–H and O–H groups in total. The summed E-state index contributed by atoms with van der Waals surface area (Å²) in [5.74, 6) is -0.144. The summed E-state index contributed by atoms with van der Waals surface area (Å²) in [6, 6.07) is 6.93. The van der Waals surface area contributed by atoms with E-state index in [1.807, 2.05) is 0 Å². The smallest absolute Gasteiger partial charge is 0.359 e. The quantitative estimate of drug-likeness (QED) is 0.516. The summed E-state index contributed by atoms with van der Waals surface area (Å²) in [7, 11) is 1.49. The molecule has 3 rings (SSSR count). The van der Waals surface area contributed by atoms with Crippen molar-refractivity contribution in [2.24, 2.45) is 0 Å². The van der Waals surface area contributed by atoms with Gasteiger partial charge in [-0.1, -0.05) is 12.1 Å². The zero-order valence-corrected chi connectivity index (χ0v) is 14.9. The summed E-state index contributed by atoms with van der Waals surface area (Å²) < 4.78 is 11.7. The first kappa shape index (κ1) is 18.4. The standard InChI is InChI=1S/C17H19N5O5/c1-3-27-15(24)13-12-14(21-16(19-13)18-8-9-23)22(17(25)20-12)10-6-4-5-7-11(10)26-2/h4-7,23H,3,8-9H2,1-2H3,(H,20,25)(H,18,19,21). The first-order valence-corrected chi connectivity index (χ1v) is 8.28. The first-order chi connectivity index (χ1) is 13.1. The van der Waals surface area contributed by atoms with Gasteiger partial charge in [-0.3, -0.25) is 0 Å². The number of esters is 1. The van der Waals surface area contributed by atoms with Gasteiger partial charge in [-0.15, -0.1) is 0 Å². The minimum atomic E-state index is -0.689. The molecule has 0 saturated carbocycles. The number of imidazole rings is 1. The summed E-state index contributed by atoms with van der Waals surface area (Å²) in [5.41, 5.74) is 0.210. The summed E-state index contributed by atoms with van der Waals surface area (Å²) >= 11 is 0. The van der Waals surface area contributed by atoms with Crippen LogP contribution in [0.2, 0.25) is 0 Å². The first-order valence-electron chi connectivity index (χ1n) is 8.28. The topological polar surface area (TPSA) is 131 Å². The van der Waals surface area contributed by atoms with Crippen LogP contribution >= 0.6 is 0 Å². The van der Waals surface area contributed by atoms with Gasteiger partial charge in [0, 0.05) is 6.54 Å². The molecule has 10 nitrogen and oxygen atoms in total. The van der Waals surface area contributed by atoms with Crippen LogP contribution < -0.4 is 15.7 Å². The summed E-state index contributed by atoms with van der Waals surface area (Å²) in [5, 5.41) is 11.8. The normalized spacial score (nSPS) is 10.8. The van der Waals surface area contributed by atoms with E-state index < -0.39 is 11.7 Å². The third kappa shape index (κ3) is 3.47. The number of para-hydroxylation sites is 2. The molecule has 2 aromatic heterocycles. The summed E-state index contributed by atoms with van der Waals surface area (Å²) in [6.07, 6.45) is 0. The number of fused-ring (bicyclic) bond motifs is 1. The Labute approximate surface area is 153 Å². The fraction of sp³-hybridized carbons (Fsp3) is 0.294. The number of ether oxygens (including phenoxy) is 2. The second-order valence-corrected chi connectivity index (χ2v) is 5.40. The summed E-state index contributed by atoms with van der Waals surface area (Å²) in [6.45, 7) is 1.85. The Hall–Kier alpha value is -3.40. The van der Waals surface area contributed by atoms with Gasteiger partial charge in [-0.2, -0.15) is 4.98 Å². The molecule has 0 bridgehead atoms. The van der Waals surface area contributed by atoms with Gasteiger partial charge in [0.2, 0.25) is 5.95 Å². The second kappa shape index (κ2) is 7.87. The highest BCUT2D eigenvalue weighted by molar-refractivity contribution is 5.99. The van der Waals surface area contributed by atoms with Gasteiger partial charge in [0.25, 0.3) is 0 Å². The number of hydrogen-bond donors (Lipinski definition) is 3. The van der Waals surface area contributed by atoms with Gasteiger partial charge in [-0.25, -0.2) is 19.1 Å². The van der Waals surface area contributed by atoms with Gasteiger partial charge < -0.3 is 24.9 Å². The fourth-order valence-corrected chi connectivity index (χ4v) is 2.62. The van der Waals surface area contributed by atoms with Crippen molar-refractivity contribution in [3.05, 3.63) is 40.4 Å². The van der Waals surface area contributed by atoms with Crippen molar-refractivity contribution in [3.63, 3.8) is 0 Å². The number of methoxy groups -OCH3 is 1. The number of aromatic nitrogens is 4. The van der Waals surface area contributed by atoms with E-state index in [0.29, 0.717) is 11.4 Å². The molecule has 142 valence electrons. The molecule has 0 aliphatic rings. The molecule has 0 radical (unpaired) electrons. The van der Waals surface area contributed by atoms with Crippen LogP contribution in [0.15, 0.2) is 29.1 Å². The van der Waals surface area contributed by atoms with Gasteiger partial charge in [0.1, 0.15) is 11.3 Å². The number of aliphatic hydroxyl groups is 1. The van der Waals surface area contributed by atoms with Crippen molar-refractivity contribution < 1.29 is 19.4 Å². The average molecular weight is 373 g/mol. The Morgan fingerprint density at radius 1 is 1.33 bits per heavy atom. The molecule has 0 aliphatic carbocycles. The Kier molecular flexibility index (Phi) is 5.36. The number of H-pyrrole nitrogens is 1. The van der Waals surface area contributed by atoms with Gasteiger partial charge in [0.05, 0.1) is 26.0 Å². The molecular formula is C17H19N5O5. The number of carbonyl (C=O) groups is 1. The van der Waals surface area contributed by atoms with Crippen molar-refractivity contribution in [2.75, 3.05) is 32.2 Å². The molecule has 0 spiro atoms. The fourth-order valence-electron chi connectivity index (χ4n) is 2.62. The molecule has 0 amide bonds. The third-order valence-corrected chi connectivity index (χ3v) is 3.73. The lowest BCUT2D eigenvalue weighted by atomic mass is 10.3. The molecule has 0 aliphatic heterocycles. The molecule has 10 heteroatoms. The van der Waals surface area contributed by atoms with E-state index in [1.54, 1.807) is 31.2 Å². The lowest BCUT2D eigenvalue weighted by Crippen LogP contribution is -2.16. The maximum absolute atomic E-state index is 12.6. The molecule has 0 fully saturated rings. The van der Waals surface area contributed by atoms with Crippen LogP contribution in [0.25, 0.3) is 16.9 Å². The largest absolute Gasteiger partial charge is 0.495 e. The summed E-state index contributed by atoms with van der Waals surface area (Å²) in [4.78, 5) is 36.0. The van der Waals surface area contributed by atoms with E-state index in [-0.39, 0.29) is 42.6 Å². The molecule has 0 atom stereocenters. The predicted octanol–water partition coefficient (Wildman–Crippen LogP) is 0.698. The Bertz CT molecular complexity index is 1030. The van der Waals surface area contributed by atoms with Crippen LogP contribution in [0.1, 0.15) is 17.4 Å². The second-order valence-electron chi connectivity index (χ2n) is 5.40. The van der Waals surface area contributed by atoms with Crippen LogP contribution in [-0.2, 0) is 4.74 Å². The third-order valence-electron chi connectivity index (χ3n) is 3.73. The number of benzene rings is 1.